The zero-order valence-electron chi connectivity index (χ0n) is 14.8. The summed E-state index contributed by atoms with van der Waals surface area (Å²) in [4.78, 5) is 30.5. The van der Waals surface area contributed by atoms with Crippen molar-refractivity contribution in [2.24, 2.45) is 0 Å². The van der Waals surface area contributed by atoms with E-state index in [0.29, 0.717) is 5.69 Å². The molecule has 0 bridgehead atoms. The first-order valence-electron chi connectivity index (χ1n) is 8.53. The van der Waals surface area contributed by atoms with Crippen LogP contribution in [0.25, 0.3) is 6.08 Å². The molecule has 2 amide bonds. The van der Waals surface area contributed by atoms with Gasteiger partial charge in [0.1, 0.15) is 0 Å². The van der Waals surface area contributed by atoms with Gasteiger partial charge in [-0.2, -0.15) is 0 Å². The van der Waals surface area contributed by atoms with Crippen LogP contribution in [0.1, 0.15) is 37.4 Å². The van der Waals surface area contributed by atoms with Gasteiger partial charge in [0, 0.05) is 13.1 Å². The summed E-state index contributed by atoms with van der Waals surface area (Å²) in [5, 5.41) is 3.81. The van der Waals surface area contributed by atoms with Crippen LogP contribution < -0.4 is 5.32 Å². The number of rotatable bonds is 5. The lowest BCUT2D eigenvalue weighted by Crippen LogP contribution is -2.33. The van der Waals surface area contributed by atoms with Crippen molar-refractivity contribution < 1.29 is 9.59 Å². The first-order chi connectivity index (χ1) is 12.6. The predicted octanol–water partition coefficient (Wildman–Crippen LogP) is 4.10. The minimum absolute atomic E-state index is 0.0869. The number of hydrogen-bond donors (Lipinski definition) is 1. The molecule has 1 aromatic carbocycles. The van der Waals surface area contributed by atoms with Crippen LogP contribution in [-0.2, 0) is 9.59 Å². The molecule has 1 aromatic heterocycles. The van der Waals surface area contributed by atoms with E-state index in [4.69, 9.17) is 0 Å². The van der Waals surface area contributed by atoms with Crippen molar-refractivity contribution >= 4 is 35.3 Å². The second-order valence-electron chi connectivity index (χ2n) is 5.96. The summed E-state index contributed by atoms with van der Waals surface area (Å²) in [5.41, 5.74) is 2.67. The standard InChI is InChI=1S/C20H21N3O2S/c1-3-26-20-9-8-16(13-21-20)22-19(25)12-18-17-7-5-4-6-15(17)10-11-23(18)14(2)24/h4-11,13,18H,3,12H2,1-2H3,(H,22,25). The summed E-state index contributed by atoms with van der Waals surface area (Å²) in [6.07, 6.45) is 5.50. The Morgan fingerprint density at radius 2 is 2.04 bits per heavy atom. The van der Waals surface area contributed by atoms with Gasteiger partial charge in [-0.1, -0.05) is 31.2 Å². The first kappa shape index (κ1) is 18.2. The lowest BCUT2D eigenvalue weighted by molar-refractivity contribution is -0.129. The molecule has 1 aliphatic heterocycles. The number of amides is 2. The second-order valence-corrected chi connectivity index (χ2v) is 7.24. The van der Waals surface area contributed by atoms with E-state index in [2.05, 4.69) is 17.2 Å². The van der Waals surface area contributed by atoms with Crippen molar-refractivity contribution in [2.45, 2.75) is 31.3 Å². The molecular formula is C20H21N3O2S. The van der Waals surface area contributed by atoms with Crippen molar-refractivity contribution in [3.63, 3.8) is 0 Å². The Morgan fingerprint density at radius 3 is 2.73 bits per heavy atom. The Hall–Kier alpha value is -2.60. The minimum atomic E-state index is -0.309. The van der Waals surface area contributed by atoms with E-state index >= 15 is 0 Å². The molecule has 0 saturated carbocycles. The van der Waals surface area contributed by atoms with Gasteiger partial charge in [-0.05, 0) is 35.1 Å². The summed E-state index contributed by atoms with van der Waals surface area (Å²) < 4.78 is 0. The molecule has 2 aromatic rings. The van der Waals surface area contributed by atoms with Crippen molar-refractivity contribution in [1.29, 1.82) is 0 Å². The molecule has 134 valence electrons. The second kappa shape index (κ2) is 8.19. The number of anilines is 1. The van der Waals surface area contributed by atoms with Crippen LogP contribution in [0.5, 0.6) is 0 Å². The Bertz CT molecular complexity index is 833. The van der Waals surface area contributed by atoms with Crippen molar-refractivity contribution in [2.75, 3.05) is 11.1 Å². The molecule has 5 nitrogen and oxygen atoms in total. The summed E-state index contributed by atoms with van der Waals surface area (Å²) in [7, 11) is 0. The van der Waals surface area contributed by atoms with Crippen LogP contribution in [-0.4, -0.2) is 27.5 Å². The predicted molar refractivity (Wildman–Crippen MR) is 105 cm³/mol. The average Bonchev–Trinajstić information content (AvgIpc) is 2.63. The van der Waals surface area contributed by atoms with Gasteiger partial charge in [0.25, 0.3) is 0 Å². The number of thioether (sulfide) groups is 1. The van der Waals surface area contributed by atoms with Gasteiger partial charge in [-0.25, -0.2) is 4.98 Å². The van der Waals surface area contributed by atoms with Crippen LogP contribution in [0, 0.1) is 0 Å². The van der Waals surface area contributed by atoms with E-state index in [1.54, 1.807) is 29.1 Å². The number of nitrogens with zero attached hydrogens (tertiary/aromatic N) is 2. The van der Waals surface area contributed by atoms with Gasteiger partial charge in [-0.15, -0.1) is 11.8 Å². The lowest BCUT2D eigenvalue weighted by atomic mass is 9.93. The lowest BCUT2D eigenvalue weighted by Gasteiger charge is -2.32. The van der Waals surface area contributed by atoms with Crippen molar-refractivity contribution in [3.05, 3.63) is 59.9 Å². The Labute approximate surface area is 157 Å². The van der Waals surface area contributed by atoms with Crippen LogP contribution in [0.15, 0.2) is 53.8 Å². The highest BCUT2D eigenvalue weighted by molar-refractivity contribution is 7.99. The molecule has 1 N–H and O–H groups in total. The topological polar surface area (TPSA) is 62.3 Å². The highest BCUT2D eigenvalue weighted by Gasteiger charge is 2.28. The molecule has 0 aliphatic carbocycles. The van der Waals surface area contributed by atoms with E-state index in [1.165, 1.54) is 6.92 Å². The van der Waals surface area contributed by atoms with E-state index in [9.17, 15) is 9.59 Å². The van der Waals surface area contributed by atoms with Crippen LogP contribution in [0.3, 0.4) is 0 Å². The maximum absolute atomic E-state index is 12.6. The number of nitrogens with one attached hydrogen (secondary N) is 1. The molecule has 3 rings (SSSR count). The first-order valence-corrected chi connectivity index (χ1v) is 9.51. The van der Waals surface area contributed by atoms with Crippen LogP contribution >= 0.6 is 11.8 Å². The maximum atomic E-state index is 12.6. The van der Waals surface area contributed by atoms with Crippen LogP contribution in [0.4, 0.5) is 5.69 Å². The minimum Gasteiger partial charge on any atom is -0.325 e. The molecule has 1 atom stereocenters. The molecule has 0 fully saturated rings. The number of carbonyl (C=O) groups excluding carboxylic acids is 2. The monoisotopic (exact) mass is 367 g/mol. The molecule has 2 heterocycles. The Balaban J connectivity index is 1.74. The van der Waals surface area contributed by atoms with E-state index in [-0.39, 0.29) is 24.3 Å². The molecule has 0 radical (unpaired) electrons. The average molecular weight is 367 g/mol. The molecular weight excluding hydrogens is 346 g/mol. The fourth-order valence-electron chi connectivity index (χ4n) is 2.99. The van der Waals surface area contributed by atoms with Gasteiger partial charge >= 0.3 is 0 Å². The van der Waals surface area contributed by atoms with Crippen molar-refractivity contribution in [3.8, 4) is 0 Å². The van der Waals surface area contributed by atoms with E-state index in [1.807, 2.05) is 42.5 Å². The summed E-state index contributed by atoms with van der Waals surface area (Å²) in [6, 6.07) is 11.3. The number of carbonyl (C=O) groups is 2. The number of aromatic nitrogens is 1. The molecule has 1 unspecified atom stereocenters. The van der Waals surface area contributed by atoms with Crippen LogP contribution in [0.2, 0.25) is 0 Å². The number of pyridine rings is 1. The van der Waals surface area contributed by atoms with Gasteiger partial charge in [0.05, 0.1) is 29.4 Å². The maximum Gasteiger partial charge on any atom is 0.226 e. The third-order valence-corrected chi connectivity index (χ3v) is 4.99. The smallest absolute Gasteiger partial charge is 0.226 e. The SMILES string of the molecule is CCSc1ccc(NC(=O)CC2c3ccccc3C=CN2C(C)=O)cn1. The van der Waals surface area contributed by atoms with Gasteiger partial charge in [0.15, 0.2) is 0 Å². The zero-order chi connectivity index (χ0) is 18.5. The van der Waals surface area contributed by atoms with Gasteiger partial charge in [-0.3, -0.25) is 9.59 Å². The number of fused-ring (bicyclic) bond motifs is 1. The molecule has 0 saturated heterocycles. The normalized spacial score (nSPS) is 15.5. The van der Waals surface area contributed by atoms with E-state index in [0.717, 1.165) is 21.9 Å². The van der Waals surface area contributed by atoms with E-state index < -0.39 is 0 Å². The molecule has 1 aliphatic rings. The zero-order valence-corrected chi connectivity index (χ0v) is 15.6. The molecule has 0 spiro atoms. The quantitative estimate of drug-likeness (QED) is 0.809. The summed E-state index contributed by atoms with van der Waals surface area (Å²) >= 11 is 1.65. The summed E-state index contributed by atoms with van der Waals surface area (Å²) in [5.74, 6) is 0.717. The fraction of sp³-hybridized carbons (Fsp3) is 0.250. The Kier molecular flexibility index (Phi) is 5.73. The third-order valence-electron chi connectivity index (χ3n) is 4.16. The van der Waals surface area contributed by atoms with Crippen molar-refractivity contribution in [1.82, 2.24) is 9.88 Å². The molecule has 6 heteroatoms. The summed E-state index contributed by atoms with van der Waals surface area (Å²) in [6.45, 7) is 3.58. The number of hydrogen-bond acceptors (Lipinski definition) is 4. The fourth-order valence-corrected chi connectivity index (χ4v) is 3.58. The third kappa shape index (κ3) is 4.14. The van der Waals surface area contributed by atoms with Gasteiger partial charge in [0.2, 0.25) is 11.8 Å². The molecule has 26 heavy (non-hydrogen) atoms. The Morgan fingerprint density at radius 1 is 1.23 bits per heavy atom. The highest BCUT2D eigenvalue weighted by Crippen LogP contribution is 2.33. The largest absolute Gasteiger partial charge is 0.325 e. The highest BCUT2D eigenvalue weighted by atomic mass is 32.2. The van der Waals surface area contributed by atoms with Gasteiger partial charge < -0.3 is 10.2 Å². The number of benzene rings is 1.